The van der Waals surface area contributed by atoms with Crippen LogP contribution in [0.25, 0.3) is 0 Å². The fourth-order valence-electron chi connectivity index (χ4n) is 2.86. The number of rotatable bonds is 4. The lowest BCUT2D eigenvalue weighted by Crippen LogP contribution is -2.41. The minimum absolute atomic E-state index is 0.0765. The molecule has 1 aliphatic rings. The normalized spacial score (nSPS) is 20.5. The first-order valence-electron chi connectivity index (χ1n) is 8.09. The first kappa shape index (κ1) is 18.0. The van der Waals surface area contributed by atoms with Crippen molar-refractivity contribution in [1.82, 2.24) is 0 Å². The molecule has 5 nitrogen and oxygen atoms in total. The molecule has 0 saturated heterocycles. The van der Waals surface area contributed by atoms with Gasteiger partial charge in [-0.15, -0.1) is 0 Å². The van der Waals surface area contributed by atoms with Gasteiger partial charge in [0.25, 0.3) is 0 Å². The summed E-state index contributed by atoms with van der Waals surface area (Å²) in [4.78, 5) is 23.9. The number of anilines is 1. The molecule has 5 heteroatoms. The van der Waals surface area contributed by atoms with Crippen LogP contribution in [-0.2, 0) is 15.0 Å². The van der Waals surface area contributed by atoms with Gasteiger partial charge in [-0.05, 0) is 36.0 Å². The van der Waals surface area contributed by atoms with E-state index in [1.807, 2.05) is 24.3 Å². The zero-order valence-electron chi connectivity index (χ0n) is 14.6. The number of amides is 1. The van der Waals surface area contributed by atoms with Crippen LogP contribution in [0.2, 0.25) is 0 Å². The van der Waals surface area contributed by atoms with E-state index in [0.717, 1.165) is 5.56 Å². The van der Waals surface area contributed by atoms with Crippen LogP contribution in [0.1, 0.15) is 39.2 Å². The molecule has 2 atom stereocenters. The molecule has 1 N–H and O–H groups in total. The zero-order chi connectivity index (χ0) is 17.9. The second-order valence-electron chi connectivity index (χ2n) is 7.13. The summed E-state index contributed by atoms with van der Waals surface area (Å²) in [5, 5.41) is 14.1. The highest BCUT2D eigenvalue weighted by atomic mass is 16.5. The van der Waals surface area contributed by atoms with Gasteiger partial charge in [0.15, 0.2) is 0 Å². The number of carbonyl (C=O) groups excluding carboxylic acids is 2. The Bertz CT molecular complexity index is 658. The highest BCUT2D eigenvalue weighted by Gasteiger charge is 2.30. The van der Waals surface area contributed by atoms with Crippen LogP contribution in [0.3, 0.4) is 0 Å². The molecule has 0 saturated carbocycles. The number of methoxy groups -OCH3 is 1. The van der Waals surface area contributed by atoms with Crippen molar-refractivity contribution in [2.45, 2.75) is 39.0 Å². The predicted octanol–water partition coefficient (Wildman–Crippen LogP) is 2.26. The maximum atomic E-state index is 12.6. The predicted molar refractivity (Wildman–Crippen MR) is 90.7 cm³/mol. The molecule has 2 rings (SSSR count). The quantitative estimate of drug-likeness (QED) is 0.859. The molecule has 0 radical (unpaired) electrons. The monoisotopic (exact) mass is 330 g/mol. The molecule has 1 amide bonds. The van der Waals surface area contributed by atoms with Crippen molar-refractivity contribution in [3.63, 3.8) is 0 Å². The van der Waals surface area contributed by atoms with Crippen LogP contribution >= 0.6 is 0 Å². The summed E-state index contributed by atoms with van der Waals surface area (Å²) in [6, 6.07) is 5.65. The van der Waals surface area contributed by atoms with Gasteiger partial charge in [0.2, 0.25) is 5.91 Å². The molecule has 0 aliphatic heterocycles. The van der Waals surface area contributed by atoms with Crippen LogP contribution in [0, 0.1) is 11.8 Å². The van der Waals surface area contributed by atoms with E-state index in [1.54, 1.807) is 6.08 Å². The van der Waals surface area contributed by atoms with Gasteiger partial charge in [0.05, 0.1) is 18.7 Å². The Morgan fingerprint density at radius 1 is 1.17 bits per heavy atom. The minimum Gasteiger partial charge on any atom is -0.550 e. The van der Waals surface area contributed by atoms with Gasteiger partial charge >= 0.3 is 0 Å². The van der Waals surface area contributed by atoms with E-state index < -0.39 is 17.8 Å². The Morgan fingerprint density at radius 2 is 1.79 bits per heavy atom. The van der Waals surface area contributed by atoms with E-state index in [0.29, 0.717) is 24.3 Å². The third-order valence-corrected chi connectivity index (χ3v) is 4.40. The van der Waals surface area contributed by atoms with Crippen molar-refractivity contribution in [3.8, 4) is 5.75 Å². The minimum atomic E-state index is -1.19. The van der Waals surface area contributed by atoms with Crippen LogP contribution in [0.15, 0.2) is 30.4 Å². The number of nitrogens with one attached hydrogen (secondary N) is 1. The Hall–Kier alpha value is -2.30. The number of benzene rings is 1. The number of ether oxygens (including phenoxy) is 1. The number of carbonyl (C=O) groups is 2. The summed E-state index contributed by atoms with van der Waals surface area (Å²) in [6.07, 6.45) is 4.34. The summed E-state index contributed by atoms with van der Waals surface area (Å²) >= 11 is 0. The lowest BCUT2D eigenvalue weighted by atomic mass is 9.82. The second-order valence-corrected chi connectivity index (χ2v) is 7.13. The molecule has 0 spiro atoms. The van der Waals surface area contributed by atoms with E-state index in [1.165, 1.54) is 7.11 Å². The average Bonchev–Trinajstić information content (AvgIpc) is 2.53. The smallest absolute Gasteiger partial charge is 0.228 e. The maximum Gasteiger partial charge on any atom is 0.228 e. The first-order chi connectivity index (χ1) is 11.2. The number of aliphatic carboxylic acids is 1. The van der Waals surface area contributed by atoms with Gasteiger partial charge in [-0.1, -0.05) is 39.0 Å². The van der Waals surface area contributed by atoms with E-state index in [2.05, 4.69) is 26.1 Å². The molecule has 1 aliphatic carbocycles. The summed E-state index contributed by atoms with van der Waals surface area (Å²) in [7, 11) is 1.54. The summed E-state index contributed by atoms with van der Waals surface area (Å²) in [5.41, 5.74) is 1.53. The lowest BCUT2D eigenvalue weighted by molar-refractivity contribution is -0.313. The number of hydrogen-bond donors (Lipinski definition) is 1. The van der Waals surface area contributed by atoms with E-state index >= 15 is 0 Å². The van der Waals surface area contributed by atoms with Gasteiger partial charge in [-0.3, -0.25) is 4.79 Å². The Kier molecular flexibility index (Phi) is 5.32. The number of carboxylic acid groups (broad SMARTS) is 1. The summed E-state index contributed by atoms with van der Waals surface area (Å²) < 4.78 is 5.32. The molecule has 0 fully saturated rings. The maximum absolute atomic E-state index is 12.6. The van der Waals surface area contributed by atoms with E-state index in [9.17, 15) is 14.7 Å². The number of carboxylic acids is 1. The number of allylic oxidation sites excluding steroid dienone is 2. The van der Waals surface area contributed by atoms with Crippen molar-refractivity contribution >= 4 is 17.6 Å². The molecule has 24 heavy (non-hydrogen) atoms. The average molecular weight is 330 g/mol. The highest BCUT2D eigenvalue weighted by Crippen LogP contribution is 2.33. The summed E-state index contributed by atoms with van der Waals surface area (Å²) in [6.45, 7) is 6.25. The largest absolute Gasteiger partial charge is 0.550 e. The fourth-order valence-corrected chi connectivity index (χ4v) is 2.86. The topological polar surface area (TPSA) is 78.5 Å². The molecule has 0 aromatic heterocycles. The van der Waals surface area contributed by atoms with E-state index in [-0.39, 0.29) is 11.3 Å². The number of hydrogen-bond acceptors (Lipinski definition) is 4. The van der Waals surface area contributed by atoms with Crippen molar-refractivity contribution in [1.29, 1.82) is 0 Å². The first-order valence-corrected chi connectivity index (χ1v) is 8.09. The highest BCUT2D eigenvalue weighted by molar-refractivity contribution is 5.96. The molecule has 0 heterocycles. The Morgan fingerprint density at radius 3 is 2.33 bits per heavy atom. The second kappa shape index (κ2) is 7.07. The third kappa shape index (κ3) is 3.96. The van der Waals surface area contributed by atoms with Crippen molar-refractivity contribution in [2.75, 3.05) is 12.4 Å². The molecular formula is C19H24NO4-. The van der Waals surface area contributed by atoms with Crippen molar-refractivity contribution in [3.05, 3.63) is 35.9 Å². The Labute approximate surface area is 142 Å². The molecule has 0 unspecified atom stereocenters. The SMILES string of the molecule is COc1ccc(C(C)(C)C)cc1NC(=O)[C@H]1CC=CC[C@H]1C(=O)[O-]. The van der Waals surface area contributed by atoms with E-state index in [4.69, 9.17) is 4.74 Å². The molecule has 0 bridgehead atoms. The molecule has 130 valence electrons. The molecule has 1 aromatic carbocycles. The molecular weight excluding hydrogens is 306 g/mol. The summed E-state index contributed by atoms with van der Waals surface area (Å²) in [5.74, 6) is -2.39. The lowest BCUT2D eigenvalue weighted by Gasteiger charge is -2.28. The van der Waals surface area contributed by atoms with Gasteiger partial charge in [-0.25, -0.2) is 0 Å². The van der Waals surface area contributed by atoms with Gasteiger partial charge in [0, 0.05) is 11.9 Å². The van der Waals surface area contributed by atoms with Crippen molar-refractivity contribution in [2.24, 2.45) is 11.8 Å². The van der Waals surface area contributed by atoms with Gasteiger partial charge < -0.3 is 20.0 Å². The Balaban J connectivity index is 2.27. The third-order valence-electron chi connectivity index (χ3n) is 4.40. The van der Waals surface area contributed by atoms with Crippen LogP contribution < -0.4 is 15.2 Å². The van der Waals surface area contributed by atoms with Gasteiger partial charge in [0.1, 0.15) is 5.75 Å². The van der Waals surface area contributed by atoms with Crippen LogP contribution in [-0.4, -0.2) is 19.0 Å². The zero-order valence-corrected chi connectivity index (χ0v) is 14.6. The van der Waals surface area contributed by atoms with Crippen LogP contribution in [0.4, 0.5) is 5.69 Å². The van der Waals surface area contributed by atoms with Gasteiger partial charge in [-0.2, -0.15) is 0 Å². The van der Waals surface area contributed by atoms with Crippen molar-refractivity contribution < 1.29 is 19.4 Å². The van der Waals surface area contributed by atoms with Crippen LogP contribution in [0.5, 0.6) is 5.75 Å². The standard InChI is InChI=1S/C19H25NO4/c1-19(2,3)12-9-10-16(24-4)15(11-12)20-17(21)13-7-5-6-8-14(13)18(22)23/h5-6,9-11,13-14H,7-8H2,1-4H3,(H,20,21)(H,22,23)/p-1/t13-,14+/m0/s1. The molecule has 1 aromatic rings. The fraction of sp³-hybridized carbons (Fsp3) is 0.474.